The van der Waals surface area contributed by atoms with Crippen molar-refractivity contribution in [2.45, 2.75) is 6.42 Å². The van der Waals surface area contributed by atoms with Gasteiger partial charge in [0.2, 0.25) is 0 Å². The lowest BCUT2D eigenvalue weighted by atomic mass is 10.1. The van der Waals surface area contributed by atoms with E-state index in [1.807, 2.05) is 24.3 Å². The van der Waals surface area contributed by atoms with Crippen LogP contribution < -0.4 is 10.9 Å². The summed E-state index contributed by atoms with van der Waals surface area (Å²) in [6.45, 7) is 0.474. The topological polar surface area (TPSA) is 66.9 Å². The number of aromatic nitrogens is 2. The number of carbonyl (C=O) groups is 1. The van der Waals surface area contributed by atoms with E-state index in [0.29, 0.717) is 45.2 Å². The van der Waals surface area contributed by atoms with E-state index in [2.05, 4.69) is 10.3 Å². The number of halogens is 2. The second-order valence-electron chi connectivity index (χ2n) is 6.94. The van der Waals surface area contributed by atoms with Gasteiger partial charge >= 0.3 is 0 Å². The van der Waals surface area contributed by atoms with Crippen molar-refractivity contribution in [1.29, 1.82) is 0 Å². The molecule has 0 unspecified atom stereocenters. The quantitative estimate of drug-likeness (QED) is 0.388. The second-order valence-corrected chi connectivity index (χ2v) is 8.20. The SMILES string of the molecule is O=C(NCCc1ccc(Cl)cc1)c1cccc(-n2c(=S)[nH]c3cc(Cl)ccc3c2=O)c1. The highest BCUT2D eigenvalue weighted by atomic mass is 35.5. The third-order valence-electron chi connectivity index (χ3n) is 4.84. The van der Waals surface area contributed by atoms with Crippen LogP contribution in [0, 0.1) is 4.77 Å². The van der Waals surface area contributed by atoms with E-state index in [9.17, 15) is 9.59 Å². The Balaban J connectivity index is 1.57. The highest BCUT2D eigenvalue weighted by Gasteiger charge is 2.11. The van der Waals surface area contributed by atoms with Crippen LogP contribution in [0.1, 0.15) is 15.9 Å². The number of fused-ring (bicyclic) bond motifs is 1. The maximum atomic E-state index is 13.0. The molecular formula is C23H17Cl2N3O2S. The average molecular weight is 470 g/mol. The third kappa shape index (κ3) is 4.71. The molecule has 0 spiro atoms. The van der Waals surface area contributed by atoms with Crippen molar-refractivity contribution in [1.82, 2.24) is 14.9 Å². The molecule has 4 aromatic rings. The second kappa shape index (κ2) is 9.06. The van der Waals surface area contributed by atoms with Gasteiger partial charge in [-0.1, -0.05) is 41.4 Å². The van der Waals surface area contributed by atoms with E-state index >= 15 is 0 Å². The molecule has 1 amide bonds. The number of amides is 1. The minimum absolute atomic E-state index is 0.222. The molecule has 0 aliphatic heterocycles. The number of carbonyl (C=O) groups excluding carboxylic acids is 1. The average Bonchev–Trinajstić information content (AvgIpc) is 2.75. The van der Waals surface area contributed by atoms with Crippen LogP contribution in [0.4, 0.5) is 0 Å². The van der Waals surface area contributed by atoms with Crippen LogP contribution in [0.3, 0.4) is 0 Å². The lowest BCUT2D eigenvalue weighted by molar-refractivity contribution is 0.0954. The first-order valence-electron chi connectivity index (χ1n) is 9.50. The Bertz CT molecular complexity index is 1390. The maximum absolute atomic E-state index is 13.0. The van der Waals surface area contributed by atoms with Crippen LogP contribution in [0.25, 0.3) is 16.6 Å². The van der Waals surface area contributed by atoms with Gasteiger partial charge in [-0.2, -0.15) is 0 Å². The van der Waals surface area contributed by atoms with E-state index < -0.39 is 0 Å². The molecule has 0 saturated heterocycles. The minimum Gasteiger partial charge on any atom is -0.352 e. The zero-order valence-corrected chi connectivity index (χ0v) is 18.5. The van der Waals surface area contributed by atoms with Gasteiger partial charge in [0.15, 0.2) is 4.77 Å². The largest absolute Gasteiger partial charge is 0.352 e. The number of nitrogens with one attached hydrogen (secondary N) is 2. The zero-order valence-electron chi connectivity index (χ0n) is 16.2. The summed E-state index contributed by atoms with van der Waals surface area (Å²) in [5.74, 6) is -0.230. The van der Waals surface area contributed by atoms with Gasteiger partial charge < -0.3 is 10.3 Å². The molecule has 0 aliphatic carbocycles. The zero-order chi connectivity index (χ0) is 22.0. The van der Waals surface area contributed by atoms with Crippen LogP contribution in [0.5, 0.6) is 0 Å². The van der Waals surface area contributed by atoms with Gasteiger partial charge in [-0.15, -0.1) is 0 Å². The first-order valence-corrected chi connectivity index (χ1v) is 10.7. The molecule has 0 aliphatic rings. The van der Waals surface area contributed by atoms with Crippen molar-refractivity contribution in [3.05, 3.63) is 103 Å². The van der Waals surface area contributed by atoms with Gasteiger partial charge in [0.05, 0.1) is 16.6 Å². The molecular weight excluding hydrogens is 453 g/mol. The minimum atomic E-state index is -0.282. The first kappa shape index (κ1) is 21.3. The fourth-order valence-corrected chi connectivity index (χ4v) is 3.88. The summed E-state index contributed by atoms with van der Waals surface area (Å²) in [6, 6.07) is 19.2. The van der Waals surface area contributed by atoms with Crippen molar-refractivity contribution in [3.63, 3.8) is 0 Å². The molecule has 0 atom stereocenters. The molecule has 1 heterocycles. The fourth-order valence-electron chi connectivity index (χ4n) is 3.28. The van der Waals surface area contributed by atoms with Crippen LogP contribution in [-0.2, 0) is 6.42 Å². The van der Waals surface area contributed by atoms with Crippen molar-refractivity contribution in [2.24, 2.45) is 0 Å². The normalized spacial score (nSPS) is 10.9. The monoisotopic (exact) mass is 469 g/mol. The number of hydrogen-bond acceptors (Lipinski definition) is 3. The standard InChI is InChI=1S/C23H17Cl2N3O2S/c24-16-6-4-14(5-7-16)10-11-26-21(29)15-2-1-3-18(12-15)28-22(30)19-9-8-17(25)13-20(19)27-23(28)31/h1-9,12-13H,10-11H2,(H,26,29)(H,27,31). The summed E-state index contributed by atoms with van der Waals surface area (Å²) in [6.07, 6.45) is 0.681. The molecule has 0 radical (unpaired) electrons. The Morgan fingerprint density at radius 3 is 2.52 bits per heavy atom. The Labute approximate surface area is 193 Å². The van der Waals surface area contributed by atoms with E-state index in [1.165, 1.54) is 4.57 Å². The number of hydrogen-bond donors (Lipinski definition) is 2. The lowest BCUT2D eigenvalue weighted by Crippen LogP contribution is -2.26. The van der Waals surface area contributed by atoms with Gasteiger partial charge in [-0.05, 0) is 72.7 Å². The van der Waals surface area contributed by atoms with Gasteiger partial charge in [0, 0.05) is 22.2 Å². The predicted molar refractivity (Wildman–Crippen MR) is 127 cm³/mol. The Morgan fingerprint density at radius 2 is 1.74 bits per heavy atom. The predicted octanol–water partition coefficient (Wildman–Crippen LogP) is 5.33. The van der Waals surface area contributed by atoms with Crippen LogP contribution in [0.2, 0.25) is 10.0 Å². The summed E-state index contributed by atoms with van der Waals surface area (Å²) in [5.41, 5.74) is 2.30. The third-order valence-corrected chi connectivity index (χ3v) is 5.61. The van der Waals surface area contributed by atoms with Gasteiger partial charge in [0.25, 0.3) is 11.5 Å². The molecule has 8 heteroatoms. The highest BCUT2D eigenvalue weighted by Crippen LogP contribution is 2.17. The molecule has 156 valence electrons. The summed E-state index contributed by atoms with van der Waals surface area (Å²) in [7, 11) is 0. The van der Waals surface area contributed by atoms with Crippen LogP contribution in [0.15, 0.2) is 71.5 Å². The number of H-pyrrole nitrogens is 1. The lowest BCUT2D eigenvalue weighted by Gasteiger charge is -2.10. The van der Waals surface area contributed by atoms with E-state index in [1.54, 1.807) is 42.5 Å². The number of benzene rings is 3. The first-order chi connectivity index (χ1) is 14.9. The number of rotatable bonds is 5. The van der Waals surface area contributed by atoms with Crippen molar-refractivity contribution >= 4 is 52.2 Å². The van der Waals surface area contributed by atoms with Gasteiger partial charge in [-0.25, -0.2) is 0 Å². The molecule has 1 aromatic heterocycles. The van der Waals surface area contributed by atoms with Crippen LogP contribution in [-0.4, -0.2) is 22.0 Å². The van der Waals surface area contributed by atoms with Crippen LogP contribution >= 0.6 is 35.4 Å². The van der Waals surface area contributed by atoms with Gasteiger partial charge in [0.1, 0.15) is 0 Å². The molecule has 0 fully saturated rings. The fraction of sp³-hybridized carbons (Fsp3) is 0.0870. The summed E-state index contributed by atoms with van der Waals surface area (Å²) >= 11 is 17.3. The molecule has 0 bridgehead atoms. The Hall–Kier alpha value is -2.93. The molecule has 4 rings (SSSR count). The highest BCUT2D eigenvalue weighted by molar-refractivity contribution is 7.71. The van der Waals surface area contributed by atoms with Crippen molar-refractivity contribution in [3.8, 4) is 5.69 Å². The van der Waals surface area contributed by atoms with E-state index in [4.69, 9.17) is 35.4 Å². The summed E-state index contributed by atoms with van der Waals surface area (Å²) < 4.78 is 1.59. The molecule has 3 aromatic carbocycles. The smallest absolute Gasteiger partial charge is 0.266 e. The number of aromatic amines is 1. The van der Waals surface area contributed by atoms with Crippen molar-refractivity contribution < 1.29 is 4.79 Å². The number of nitrogens with zero attached hydrogens (tertiary/aromatic N) is 1. The molecule has 2 N–H and O–H groups in total. The molecule has 0 saturated carbocycles. The molecule has 31 heavy (non-hydrogen) atoms. The van der Waals surface area contributed by atoms with E-state index in [0.717, 1.165) is 5.56 Å². The summed E-state index contributed by atoms with van der Waals surface area (Å²) in [4.78, 5) is 28.7. The Morgan fingerprint density at radius 1 is 1.00 bits per heavy atom. The van der Waals surface area contributed by atoms with E-state index in [-0.39, 0.29) is 16.2 Å². The Kier molecular flexibility index (Phi) is 6.23. The maximum Gasteiger partial charge on any atom is 0.266 e. The summed E-state index contributed by atoms with van der Waals surface area (Å²) in [5, 5.41) is 4.54. The van der Waals surface area contributed by atoms with Gasteiger partial charge in [-0.3, -0.25) is 14.2 Å². The van der Waals surface area contributed by atoms with Crippen molar-refractivity contribution in [2.75, 3.05) is 6.54 Å². The molecule has 5 nitrogen and oxygen atoms in total.